The number of nitriles is 1. The lowest BCUT2D eigenvalue weighted by Gasteiger charge is -2.05. The SMILES string of the molecule is CNCc1ccc(Sc2cnccn2)c(C#N)c1. The predicted octanol–water partition coefficient (Wildman–Crippen LogP) is 2.22. The molecule has 0 atom stereocenters. The van der Waals surface area contributed by atoms with Crippen molar-refractivity contribution < 1.29 is 0 Å². The summed E-state index contributed by atoms with van der Waals surface area (Å²) < 4.78 is 0. The van der Waals surface area contributed by atoms with Crippen LogP contribution in [0, 0.1) is 11.3 Å². The molecule has 0 spiro atoms. The van der Waals surface area contributed by atoms with Gasteiger partial charge >= 0.3 is 0 Å². The summed E-state index contributed by atoms with van der Waals surface area (Å²) in [6.07, 6.45) is 4.96. The molecule has 1 aromatic heterocycles. The van der Waals surface area contributed by atoms with Crippen molar-refractivity contribution in [3.05, 3.63) is 47.9 Å². The van der Waals surface area contributed by atoms with Gasteiger partial charge in [0.25, 0.3) is 0 Å². The van der Waals surface area contributed by atoms with E-state index in [0.29, 0.717) is 5.56 Å². The molecule has 0 fully saturated rings. The zero-order valence-corrected chi connectivity index (χ0v) is 10.7. The van der Waals surface area contributed by atoms with E-state index in [9.17, 15) is 0 Å². The summed E-state index contributed by atoms with van der Waals surface area (Å²) in [7, 11) is 1.88. The van der Waals surface area contributed by atoms with Gasteiger partial charge in [0.05, 0.1) is 11.8 Å². The van der Waals surface area contributed by atoms with E-state index in [1.807, 2.05) is 25.2 Å². The second-order valence-electron chi connectivity index (χ2n) is 3.62. The van der Waals surface area contributed by atoms with Crippen molar-refractivity contribution >= 4 is 11.8 Å². The molecule has 0 bridgehead atoms. The minimum absolute atomic E-state index is 0.665. The van der Waals surface area contributed by atoms with Crippen LogP contribution in [0.1, 0.15) is 11.1 Å². The van der Waals surface area contributed by atoms with Gasteiger partial charge < -0.3 is 5.32 Å². The summed E-state index contributed by atoms with van der Waals surface area (Å²) in [6.45, 7) is 0.755. The van der Waals surface area contributed by atoms with Crippen LogP contribution in [0.3, 0.4) is 0 Å². The van der Waals surface area contributed by atoms with Crippen LogP contribution in [0.15, 0.2) is 46.7 Å². The van der Waals surface area contributed by atoms with Gasteiger partial charge in [-0.05, 0) is 24.7 Å². The first-order valence-electron chi connectivity index (χ1n) is 5.45. The summed E-state index contributed by atoms with van der Waals surface area (Å²) >= 11 is 1.45. The lowest BCUT2D eigenvalue weighted by atomic mass is 10.1. The molecule has 0 radical (unpaired) electrons. The fourth-order valence-electron chi connectivity index (χ4n) is 1.52. The second-order valence-corrected chi connectivity index (χ2v) is 4.68. The average Bonchev–Trinajstić information content (AvgIpc) is 2.42. The monoisotopic (exact) mass is 256 g/mol. The maximum absolute atomic E-state index is 9.17. The zero-order chi connectivity index (χ0) is 12.8. The van der Waals surface area contributed by atoms with E-state index in [-0.39, 0.29) is 0 Å². The number of rotatable bonds is 4. The molecule has 1 N–H and O–H groups in total. The van der Waals surface area contributed by atoms with Crippen molar-refractivity contribution in [3.63, 3.8) is 0 Å². The van der Waals surface area contributed by atoms with Crippen LogP contribution in [-0.2, 0) is 6.54 Å². The first-order valence-corrected chi connectivity index (χ1v) is 6.26. The Morgan fingerprint density at radius 3 is 2.94 bits per heavy atom. The van der Waals surface area contributed by atoms with Crippen molar-refractivity contribution in [2.24, 2.45) is 0 Å². The molecule has 0 aliphatic carbocycles. The van der Waals surface area contributed by atoms with Crippen LogP contribution < -0.4 is 5.32 Å². The third-order valence-corrected chi connectivity index (χ3v) is 3.30. The quantitative estimate of drug-likeness (QED) is 0.908. The number of aromatic nitrogens is 2. The summed E-state index contributed by atoms with van der Waals surface area (Å²) in [6, 6.07) is 8.07. The summed E-state index contributed by atoms with van der Waals surface area (Å²) in [5.41, 5.74) is 1.76. The van der Waals surface area contributed by atoms with Crippen molar-refractivity contribution in [1.82, 2.24) is 15.3 Å². The molecule has 1 heterocycles. The van der Waals surface area contributed by atoms with Crippen LogP contribution in [-0.4, -0.2) is 17.0 Å². The minimum atomic E-state index is 0.665. The largest absolute Gasteiger partial charge is 0.316 e. The Morgan fingerprint density at radius 1 is 1.39 bits per heavy atom. The number of benzene rings is 1. The average molecular weight is 256 g/mol. The van der Waals surface area contributed by atoms with Crippen molar-refractivity contribution in [1.29, 1.82) is 5.26 Å². The summed E-state index contributed by atoms with van der Waals surface area (Å²) in [5, 5.41) is 13.0. The molecule has 4 nitrogen and oxygen atoms in total. The molecular formula is C13H12N4S. The highest BCUT2D eigenvalue weighted by molar-refractivity contribution is 7.99. The Morgan fingerprint density at radius 2 is 2.28 bits per heavy atom. The van der Waals surface area contributed by atoms with Gasteiger partial charge in [0.15, 0.2) is 0 Å². The number of hydrogen-bond acceptors (Lipinski definition) is 5. The third-order valence-electron chi connectivity index (χ3n) is 2.30. The van der Waals surface area contributed by atoms with E-state index in [1.165, 1.54) is 11.8 Å². The Bertz CT molecular complexity index is 563. The molecule has 0 saturated carbocycles. The first-order chi connectivity index (χ1) is 8.83. The van der Waals surface area contributed by atoms with Gasteiger partial charge in [0, 0.05) is 23.8 Å². The van der Waals surface area contributed by atoms with Crippen LogP contribution in [0.4, 0.5) is 0 Å². The van der Waals surface area contributed by atoms with Gasteiger partial charge in [-0.2, -0.15) is 5.26 Å². The van der Waals surface area contributed by atoms with Crippen molar-refractivity contribution in [3.8, 4) is 6.07 Å². The van der Waals surface area contributed by atoms with Gasteiger partial charge in [-0.15, -0.1) is 0 Å². The van der Waals surface area contributed by atoms with Gasteiger partial charge in [0.1, 0.15) is 11.1 Å². The Kier molecular flexibility index (Phi) is 4.29. The Labute approximate surface area is 110 Å². The maximum atomic E-state index is 9.17. The second kappa shape index (κ2) is 6.15. The predicted molar refractivity (Wildman–Crippen MR) is 70.1 cm³/mol. The highest BCUT2D eigenvalue weighted by Gasteiger charge is 2.06. The maximum Gasteiger partial charge on any atom is 0.119 e. The molecule has 90 valence electrons. The smallest absolute Gasteiger partial charge is 0.119 e. The highest BCUT2D eigenvalue weighted by atomic mass is 32.2. The number of hydrogen-bond donors (Lipinski definition) is 1. The lowest BCUT2D eigenvalue weighted by molar-refractivity contribution is 0.816. The van der Waals surface area contributed by atoms with E-state index < -0.39 is 0 Å². The van der Waals surface area contributed by atoms with E-state index in [2.05, 4.69) is 21.4 Å². The molecule has 5 heteroatoms. The van der Waals surface area contributed by atoms with Crippen LogP contribution in [0.25, 0.3) is 0 Å². The van der Waals surface area contributed by atoms with Gasteiger partial charge in [-0.25, -0.2) is 4.98 Å². The molecule has 0 unspecified atom stereocenters. The van der Waals surface area contributed by atoms with Gasteiger partial charge in [-0.3, -0.25) is 4.98 Å². The number of nitrogens with zero attached hydrogens (tertiary/aromatic N) is 3. The molecular weight excluding hydrogens is 244 g/mol. The molecule has 1 aromatic carbocycles. The standard InChI is InChI=1S/C13H12N4S/c1-15-8-10-2-3-12(11(6-10)7-14)18-13-9-16-4-5-17-13/h2-6,9,15H,8H2,1H3. The fourth-order valence-corrected chi connectivity index (χ4v) is 2.32. The fraction of sp³-hybridized carbons (Fsp3) is 0.154. The van der Waals surface area contributed by atoms with E-state index in [1.54, 1.807) is 18.6 Å². The van der Waals surface area contributed by atoms with E-state index in [0.717, 1.165) is 22.0 Å². The molecule has 2 aromatic rings. The van der Waals surface area contributed by atoms with Crippen molar-refractivity contribution in [2.45, 2.75) is 16.5 Å². The minimum Gasteiger partial charge on any atom is -0.316 e. The first kappa shape index (κ1) is 12.6. The lowest BCUT2D eigenvalue weighted by Crippen LogP contribution is -2.05. The topological polar surface area (TPSA) is 61.6 Å². The normalized spacial score (nSPS) is 10.0. The molecule has 2 rings (SSSR count). The summed E-state index contributed by atoms with van der Waals surface area (Å²) in [5.74, 6) is 0. The molecule has 0 amide bonds. The molecule has 0 saturated heterocycles. The molecule has 0 aliphatic rings. The van der Waals surface area contributed by atoms with Crippen LogP contribution in [0.5, 0.6) is 0 Å². The van der Waals surface area contributed by atoms with E-state index in [4.69, 9.17) is 5.26 Å². The van der Waals surface area contributed by atoms with Crippen molar-refractivity contribution in [2.75, 3.05) is 7.05 Å². The Balaban J connectivity index is 2.26. The number of nitrogens with one attached hydrogen (secondary N) is 1. The zero-order valence-electron chi connectivity index (χ0n) is 9.92. The van der Waals surface area contributed by atoms with Gasteiger partial charge in [0.2, 0.25) is 0 Å². The molecule has 18 heavy (non-hydrogen) atoms. The summed E-state index contributed by atoms with van der Waals surface area (Å²) in [4.78, 5) is 9.09. The third kappa shape index (κ3) is 3.06. The highest BCUT2D eigenvalue weighted by Crippen LogP contribution is 2.28. The van der Waals surface area contributed by atoms with Crippen LogP contribution >= 0.6 is 11.8 Å². The van der Waals surface area contributed by atoms with Gasteiger partial charge in [-0.1, -0.05) is 17.8 Å². The van der Waals surface area contributed by atoms with Crippen LogP contribution in [0.2, 0.25) is 0 Å². The molecule has 0 aliphatic heterocycles. The Hall–Kier alpha value is -1.90. The van der Waals surface area contributed by atoms with E-state index >= 15 is 0 Å².